The van der Waals surface area contributed by atoms with Crippen molar-refractivity contribution < 1.29 is 4.74 Å². The number of rotatable bonds is 4. The molecule has 0 amide bonds. The maximum absolute atomic E-state index is 5.61. The zero-order chi connectivity index (χ0) is 11.3. The van der Waals surface area contributed by atoms with Gasteiger partial charge in [0.25, 0.3) is 0 Å². The van der Waals surface area contributed by atoms with Crippen LogP contribution >= 0.6 is 0 Å². The largest absolute Gasteiger partial charge is 0.494 e. The topological polar surface area (TPSA) is 9.23 Å². The minimum absolute atomic E-state index is 0.224. The second-order valence-electron chi connectivity index (χ2n) is 4.98. The quantitative estimate of drug-likeness (QED) is 0.672. The second kappa shape index (κ2) is 5.20. The predicted molar refractivity (Wildman–Crippen MR) is 65.5 cm³/mol. The van der Waals surface area contributed by atoms with Crippen molar-refractivity contribution in [3.05, 3.63) is 29.8 Å². The number of hydrogen-bond acceptors (Lipinski definition) is 1. The Balaban J connectivity index is 2.57. The molecule has 0 radical (unpaired) electrons. The van der Waals surface area contributed by atoms with E-state index in [0.717, 1.165) is 18.8 Å². The number of ether oxygens (including phenoxy) is 1. The molecular weight excluding hydrogens is 184 g/mol. The lowest BCUT2D eigenvalue weighted by molar-refractivity contribution is 0.309. The molecule has 1 rings (SSSR count). The van der Waals surface area contributed by atoms with Gasteiger partial charge in [0, 0.05) is 0 Å². The molecule has 0 bridgehead atoms. The lowest BCUT2D eigenvalue weighted by atomic mass is 9.87. The first-order valence-corrected chi connectivity index (χ1v) is 5.77. The molecule has 0 fully saturated rings. The van der Waals surface area contributed by atoms with Crippen LogP contribution in [0.4, 0.5) is 0 Å². The van der Waals surface area contributed by atoms with E-state index in [1.165, 1.54) is 12.0 Å². The van der Waals surface area contributed by atoms with E-state index in [-0.39, 0.29) is 5.41 Å². The van der Waals surface area contributed by atoms with E-state index in [9.17, 15) is 0 Å². The van der Waals surface area contributed by atoms with Crippen LogP contribution in [0, 0.1) is 0 Å². The van der Waals surface area contributed by atoms with Crippen LogP contribution in [0.3, 0.4) is 0 Å². The molecule has 0 aromatic heterocycles. The van der Waals surface area contributed by atoms with Gasteiger partial charge in [-0.1, -0.05) is 46.2 Å². The Labute approximate surface area is 93.5 Å². The summed E-state index contributed by atoms with van der Waals surface area (Å²) < 4.78 is 5.61. The predicted octanol–water partition coefficient (Wildman–Crippen LogP) is 4.16. The average molecular weight is 206 g/mol. The molecule has 0 saturated carbocycles. The SMILES string of the molecule is CCCCOc1ccc(C(C)(C)C)cc1. The van der Waals surface area contributed by atoms with Crippen LogP contribution < -0.4 is 4.74 Å². The van der Waals surface area contributed by atoms with E-state index >= 15 is 0 Å². The van der Waals surface area contributed by atoms with E-state index in [2.05, 4.69) is 52.0 Å². The van der Waals surface area contributed by atoms with Crippen molar-refractivity contribution in [3.8, 4) is 5.75 Å². The van der Waals surface area contributed by atoms with Gasteiger partial charge in [-0.25, -0.2) is 0 Å². The summed E-state index contributed by atoms with van der Waals surface area (Å²) in [4.78, 5) is 0. The first-order chi connectivity index (χ1) is 7.04. The van der Waals surface area contributed by atoms with Crippen molar-refractivity contribution in [2.75, 3.05) is 6.61 Å². The van der Waals surface area contributed by atoms with Gasteiger partial charge >= 0.3 is 0 Å². The summed E-state index contributed by atoms with van der Waals surface area (Å²) in [5, 5.41) is 0. The molecule has 0 heterocycles. The summed E-state index contributed by atoms with van der Waals surface area (Å²) in [6.45, 7) is 9.66. The van der Waals surface area contributed by atoms with Crippen LogP contribution in [-0.4, -0.2) is 6.61 Å². The van der Waals surface area contributed by atoms with Crippen molar-refractivity contribution in [1.29, 1.82) is 0 Å². The van der Waals surface area contributed by atoms with Gasteiger partial charge in [0.2, 0.25) is 0 Å². The minimum Gasteiger partial charge on any atom is -0.494 e. The molecule has 0 aliphatic heterocycles. The van der Waals surface area contributed by atoms with E-state index in [4.69, 9.17) is 4.74 Å². The highest BCUT2D eigenvalue weighted by Crippen LogP contribution is 2.24. The van der Waals surface area contributed by atoms with E-state index in [0.29, 0.717) is 0 Å². The third-order valence-corrected chi connectivity index (χ3v) is 2.49. The van der Waals surface area contributed by atoms with E-state index < -0.39 is 0 Å². The molecule has 0 aliphatic carbocycles. The smallest absolute Gasteiger partial charge is 0.119 e. The zero-order valence-electron chi connectivity index (χ0n) is 10.3. The first-order valence-electron chi connectivity index (χ1n) is 5.77. The number of benzene rings is 1. The summed E-state index contributed by atoms with van der Waals surface area (Å²) in [5.74, 6) is 0.983. The Kier molecular flexibility index (Phi) is 4.19. The summed E-state index contributed by atoms with van der Waals surface area (Å²) in [6.07, 6.45) is 2.31. The van der Waals surface area contributed by atoms with Crippen LogP contribution in [0.2, 0.25) is 0 Å². The fourth-order valence-corrected chi connectivity index (χ4v) is 1.39. The Bertz CT molecular complexity index is 279. The summed E-state index contributed by atoms with van der Waals surface area (Å²) >= 11 is 0. The molecule has 0 atom stereocenters. The Morgan fingerprint density at radius 3 is 2.13 bits per heavy atom. The van der Waals surface area contributed by atoms with Crippen molar-refractivity contribution in [2.24, 2.45) is 0 Å². The second-order valence-corrected chi connectivity index (χ2v) is 4.98. The Hall–Kier alpha value is -0.980. The maximum Gasteiger partial charge on any atom is 0.119 e. The van der Waals surface area contributed by atoms with Gasteiger partial charge in [0.1, 0.15) is 5.75 Å². The third-order valence-electron chi connectivity index (χ3n) is 2.49. The van der Waals surface area contributed by atoms with Gasteiger partial charge in [-0.05, 0) is 29.5 Å². The van der Waals surface area contributed by atoms with Gasteiger partial charge in [-0.15, -0.1) is 0 Å². The molecule has 84 valence electrons. The minimum atomic E-state index is 0.224. The van der Waals surface area contributed by atoms with E-state index in [1.807, 2.05) is 0 Å². The highest BCUT2D eigenvalue weighted by Gasteiger charge is 2.12. The van der Waals surface area contributed by atoms with Crippen LogP contribution in [0.25, 0.3) is 0 Å². The monoisotopic (exact) mass is 206 g/mol. The van der Waals surface area contributed by atoms with Gasteiger partial charge in [0.05, 0.1) is 6.61 Å². The fraction of sp³-hybridized carbons (Fsp3) is 0.571. The number of hydrogen-bond donors (Lipinski definition) is 0. The van der Waals surface area contributed by atoms with Gasteiger partial charge in [-0.3, -0.25) is 0 Å². The van der Waals surface area contributed by atoms with Crippen molar-refractivity contribution in [1.82, 2.24) is 0 Å². The van der Waals surface area contributed by atoms with Crippen LogP contribution in [-0.2, 0) is 5.41 Å². The van der Waals surface area contributed by atoms with Crippen LogP contribution in [0.1, 0.15) is 46.1 Å². The summed E-state index contributed by atoms with van der Waals surface area (Å²) in [5.41, 5.74) is 1.58. The molecule has 0 spiro atoms. The molecule has 15 heavy (non-hydrogen) atoms. The van der Waals surface area contributed by atoms with Crippen LogP contribution in [0.5, 0.6) is 5.75 Å². The fourth-order valence-electron chi connectivity index (χ4n) is 1.39. The van der Waals surface area contributed by atoms with Gasteiger partial charge < -0.3 is 4.74 Å². The molecule has 0 N–H and O–H groups in total. The molecule has 1 nitrogen and oxygen atoms in total. The average Bonchev–Trinajstić information content (AvgIpc) is 2.18. The highest BCUT2D eigenvalue weighted by molar-refractivity contribution is 5.30. The van der Waals surface area contributed by atoms with Crippen LogP contribution in [0.15, 0.2) is 24.3 Å². The molecule has 0 unspecified atom stereocenters. The molecule has 1 aromatic carbocycles. The summed E-state index contributed by atoms with van der Waals surface area (Å²) in [7, 11) is 0. The number of unbranched alkanes of at least 4 members (excludes halogenated alkanes) is 1. The first kappa shape index (κ1) is 12.1. The maximum atomic E-state index is 5.61. The standard InChI is InChI=1S/C14H22O/c1-5-6-11-15-13-9-7-12(8-10-13)14(2,3)4/h7-10H,5-6,11H2,1-4H3. The van der Waals surface area contributed by atoms with Crippen molar-refractivity contribution >= 4 is 0 Å². The Morgan fingerprint density at radius 1 is 1.07 bits per heavy atom. The van der Waals surface area contributed by atoms with Gasteiger partial charge in [-0.2, -0.15) is 0 Å². The van der Waals surface area contributed by atoms with Crippen molar-refractivity contribution in [3.63, 3.8) is 0 Å². The lowest BCUT2D eigenvalue weighted by Gasteiger charge is -2.19. The molecule has 1 heteroatoms. The molecule has 0 aliphatic rings. The Morgan fingerprint density at radius 2 is 1.67 bits per heavy atom. The summed E-state index contributed by atoms with van der Waals surface area (Å²) in [6, 6.07) is 8.44. The molecule has 1 aromatic rings. The molecular formula is C14H22O. The molecule has 0 saturated heterocycles. The third kappa shape index (κ3) is 3.94. The highest BCUT2D eigenvalue weighted by atomic mass is 16.5. The van der Waals surface area contributed by atoms with Gasteiger partial charge in [0.15, 0.2) is 0 Å². The van der Waals surface area contributed by atoms with E-state index in [1.54, 1.807) is 0 Å². The normalized spacial score (nSPS) is 11.5. The zero-order valence-corrected chi connectivity index (χ0v) is 10.3. The van der Waals surface area contributed by atoms with Crippen molar-refractivity contribution in [2.45, 2.75) is 46.0 Å². The lowest BCUT2D eigenvalue weighted by Crippen LogP contribution is -2.10.